The van der Waals surface area contributed by atoms with Crippen molar-refractivity contribution in [3.8, 4) is 17.2 Å². The van der Waals surface area contributed by atoms with E-state index < -0.39 is 5.63 Å². The van der Waals surface area contributed by atoms with Crippen molar-refractivity contribution in [2.24, 2.45) is 0 Å². The highest BCUT2D eigenvalue weighted by molar-refractivity contribution is 5.88. The molecule has 1 aromatic carbocycles. The molecule has 0 radical (unpaired) electrons. The van der Waals surface area contributed by atoms with E-state index in [9.17, 15) is 4.79 Å². The summed E-state index contributed by atoms with van der Waals surface area (Å²) in [6.07, 6.45) is 0.846. The first kappa shape index (κ1) is 11.9. The third-order valence-corrected chi connectivity index (χ3v) is 3.12. The summed E-state index contributed by atoms with van der Waals surface area (Å²) in [7, 11) is 1.43. The predicted molar refractivity (Wildman–Crippen MR) is 69.4 cm³/mol. The number of benzene rings is 1. The Kier molecular flexibility index (Phi) is 2.81. The van der Waals surface area contributed by atoms with Crippen LogP contribution in [0.2, 0.25) is 0 Å². The lowest BCUT2D eigenvalue weighted by atomic mass is 10.1. The molecule has 0 fully saturated rings. The second-order valence-electron chi connectivity index (χ2n) is 4.24. The lowest BCUT2D eigenvalue weighted by Gasteiger charge is -2.11. The average Bonchev–Trinajstić information content (AvgIpc) is 2.84. The van der Waals surface area contributed by atoms with Crippen molar-refractivity contribution in [1.29, 1.82) is 0 Å². The van der Waals surface area contributed by atoms with Gasteiger partial charge in [0.15, 0.2) is 5.75 Å². The van der Waals surface area contributed by atoms with Crippen molar-refractivity contribution in [1.82, 2.24) is 0 Å². The van der Waals surface area contributed by atoms with Crippen LogP contribution in [0.3, 0.4) is 0 Å². The molecule has 0 aliphatic carbocycles. The molecular formula is C14H14O5. The number of hydrogen-bond donors (Lipinski definition) is 0. The summed E-state index contributed by atoms with van der Waals surface area (Å²) < 4.78 is 21.4. The van der Waals surface area contributed by atoms with E-state index in [0.29, 0.717) is 24.5 Å². The van der Waals surface area contributed by atoms with E-state index in [0.717, 1.165) is 23.1 Å². The first-order valence-electron chi connectivity index (χ1n) is 6.18. The third kappa shape index (κ3) is 1.82. The molecule has 0 bridgehead atoms. The predicted octanol–water partition coefficient (Wildman–Crippen LogP) is 2.14. The molecule has 2 heterocycles. The van der Waals surface area contributed by atoms with Crippen molar-refractivity contribution in [3.05, 3.63) is 28.1 Å². The Bertz CT molecular complexity index is 686. The molecule has 19 heavy (non-hydrogen) atoms. The van der Waals surface area contributed by atoms with Gasteiger partial charge in [0.2, 0.25) is 5.75 Å². The maximum atomic E-state index is 11.8. The second-order valence-corrected chi connectivity index (χ2v) is 4.24. The minimum Gasteiger partial charge on any atom is -0.493 e. The summed E-state index contributed by atoms with van der Waals surface area (Å²) in [4.78, 5) is 11.8. The van der Waals surface area contributed by atoms with E-state index in [1.54, 1.807) is 6.07 Å². The summed E-state index contributed by atoms with van der Waals surface area (Å²) in [6, 6.07) is 3.68. The van der Waals surface area contributed by atoms with Crippen molar-refractivity contribution in [2.45, 2.75) is 13.3 Å². The molecule has 100 valence electrons. The van der Waals surface area contributed by atoms with Gasteiger partial charge in [0.1, 0.15) is 11.3 Å². The number of methoxy groups -OCH3 is 1. The van der Waals surface area contributed by atoms with Gasteiger partial charge in [-0.2, -0.15) is 0 Å². The summed E-state index contributed by atoms with van der Waals surface area (Å²) in [5, 5.41) is 0.738. The van der Waals surface area contributed by atoms with E-state index in [-0.39, 0.29) is 5.75 Å². The normalized spacial score (nSPS) is 13.2. The van der Waals surface area contributed by atoms with Gasteiger partial charge in [-0.05, 0) is 18.6 Å². The van der Waals surface area contributed by atoms with Gasteiger partial charge in [-0.1, -0.05) is 0 Å². The molecule has 0 N–H and O–H groups in total. The molecule has 0 amide bonds. The van der Waals surface area contributed by atoms with Crippen LogP contribution in [0.1, 0.15) is 12.5 Å². The highest BCUT2D eigenvalue weighted by atomic mass is 16.5. The Labute approximate surface area is 109 Å². The standard InChI is InChI=1S/C14H14O5/c1-3-17-12-9-6-8-4-5-18-10(8)7-11(9)19-14(15)13(12)16-2/h6-7H,3-5H2,1-2H3. The largest absolute Gasteiger partial charge is 0.493 e. The molecule has 0 atom stereocenters. The fourth-order valence-corrected chi connectivity index (χ4v) is 2.29. The van der Waals surface area contributed by atoms with Crippen LogP contribution in [0, 0.1) is 0 Å². The minimum absolute atomic E-state index is 0.105. The summed E-state index contributed by atoms with van der Waals surface area (Å²) >= 11 is 0. The summed E-state index contributed by atoms with van der Waals surface area (Å²) in [5.74, 6) is 1.31. The van der Waals surface area contributed by atoms with Crippen molar-refractivity contribution >= 4 is 11.0 Å². The smallest absolute Gasteiger partial charge is 0.383 e. The molecule has 5 nitrogen and oxygen atoms in total. The maximum Gasteiger partial charge on any atom is 0.383 e. The highest BCUT2D eigenvalue weighted by Crippen LogP contribution is 2.37. The molecule has 2 aromatic rings. The van der Waals surface area contributed by atoms with Crippen LogP contribution in [0.4, 0.5) is 0 Å². The van der Waals surface area contributed by atoms with E-state index in [4.69, 9.17) is 18.6 Å². The molecule has 3 rings (SSSR count). The maximum absolute atomic E-state index is 11.8. The van der Waals surface area contributed by atoms with Gasteiger partial charge in [-0.3, -0.25) is 0 Å². The molecule has 0 saturated heterocycles. The SMILES string of the molecule is CCOc1c(OC)c(=O)oc2cc3c(cc12)CCO3. The lowest BCUT2D eigenvalue weighted by molar-refractivity contribution is 0.303. The Morgan fingerprint density at radius 1 is 1.32 bits per heavy atom. The van der Waals surface area contributed by atoms with Gasteiger partial charge < -0.3 is 18.6 Å². The molecular weight excluding hydrogens is 248 g/mol. The minimum atomic E-state index is -0.545. The zero-order chi connectivity index (χ0) is 13.4. The van der Waals surface area contributed by atoms with Crippen LogP contribution < -0.4 is 19.8 Å². The zero-order valence-electron chi connectivity index (χ0n) is 10.8. The summed E-state index contributed by atoms with van der Waals surface area (Å²) in [6.45, 7) is 2.95. The Morgan fingerprint density at radius 2 is 2.16 bits per heavy atom. The van der Waals surface area contributed by atoms with Crippen LogP contribution in [-0.4, -0.2) is 20.3 Å². The number of ether oxygens (including phenoxy) is 3. The van der Waals surface area contributed by atoms with Crippen molar-refractivity contribution in [2.75, 3.05) is 20.3 Å². The van der Waals surface area contributed by atoms with Gasteiger partial charge in [0.05, 0.1) is 25.7 Å². The highest BCUT2D eigenvalue weighted by Gasteiger charge is 2.21. The number of hydrogen-bond acceptors (Lipinski definition) is 5. The molecule has 1 aliphatic rings. The lowest BCUT2D eigenvalue weighted by Crippen LogP contribution is -2.08. The van der Waals surface area contributed by atoms with Gasteiger partial charge in [0.25, 0.3) is 0 Å². The van der Waals surface area contributed by atoms with Gasteiger partial charge in [-0.15, -0.1) is 0 Å². The van der Waals surface area contributed by atoms with Crippen molar-refractivity contribution < 1.29 is 18.6 Å². The third-order valence-electron chi connectivity index (χ3n) is 3.12. The number of fused-ring (bicyclic) bond motifs is 2. The molecule has 1 aliphatic heterocycles. The fourth-order valence-electron chi connectivity index (χ4n) is 2.29. The Morgan fingerprint density at radius 3 is 2.89 bits per heavy atom. The topological polar surface area (TPSA) is 57.9 Å². The van der Waals surface area contributed by atoms with E-state index >= 15 is 0 Å². The van der Waals surface area contributed by atoms with Crippen LogP contribution in [0.25, 0.3) is 11.0 Å². The monoisotopic (exact) mass is 262 g/mol. The first-order chi connectivity index (χ1) is 9.24. The Hall–Kier alpha value is -2.17. The molecule has 0 spiro atoms. The van der Waals surface area contributed by atoms with Crippen LogP contribution in [-0.2, 0) is 6.42 Å². The van der Waals surface area contributed by atoms with E-state index in [1.165, 1.54) is 7.11 Å². The van der Waals surface area contributed by atoms with Gasteiger partial charge in [0, 0.05) is 12.5 Å². The quantitative estimate of drug-likeness (QED) is 0.793. The van der Waals surface area contributed by atoms with Crippen molar-refractivity contribution in [3.63, 3.8) is 0 Å². The van der Waals surface area contributed by atoms with Gasteiger partial charge in [-0.25, -0.2) is 4.79 Å². The van der Waals surface area contributed by atoms with Crippen LogP contribution in [0.5, 0.6) is 17.2 Å². The van der Waals surface area contributed by atoms with E-state index in [2.05, 4.69) is 0 Å². The molecule has 0 unspecified atom stereocenters. The van der Waals surface area contributed by atoms with E-state index in [1.807, 2.05) is 13.0 Å². The molecule has 1 aromatic heterocycles. The molecule has 0 saturated carbocycles. The fraction of sp³-hybridized carbons (Fsp3) is 0.357. The zero-order valence-corrected chi connectivity index (χ0v) is 10.8. The van der Waals surface area contributed by atoms with Crippen LogP contribution in [0.15, 0.2) is 21.3 Å². The Balaban J connectivity index is 2.34. The second kappa shape index (κ2) is 4.50. The first-order valence-corrected chi connectivity index (χ1v) is 6.18. The molecule has 5 heteroatoms. The number of rotatable bonds is 3. The van der Waals surface area contributed by atoms with Crippen LogP contribution >= 0.6 is 0 Å². The summed E-state index contributed by atoms with van der Waals surface area (Å²) in [5.41, 5.74) is 0.996. The average molecular weight is 262 g/mol. The van der Waals surface area contributed by atoms with Gasteiger partial charge >= 0.3 is 5.63 Å².